The van der Waals surface area contributed by atoms with Crippen LogP contribution in [0.1, 0.15) is 0 Å². The number of benzene rings is 6. The number of hydrogen-bond donors (Lipinski definition) is 0. The number of rotatable bonds is 2. The summed E-state index contributed by atoms with van der Waals surface area (Å²) >= 11 is 6.16. The molecule has 0 N–H and O–H groups in total. The molecule has 1 heterocycles. The van der Waals surface area contributed by atoms with Gasteiger partial charge in [-0.05, 0) is 63.7 Å². The van der Waals surface area contributed by atoms with E-state index >= 15 is 0 Å². The molecule has 0 spiro atoms. The van der Waals surface area contributed by atoms with Crippen LogP contribution in [0.25, 0.3) is 60.2 Å². The highest BCUT2D eigenvalue weighted by molar-refractivity contribution is 6.30. The Morgan fingerprint density at radius 2 is 1.12 bits per heavy atom. The summed E-state index contributed by atoms with van der Waals surface area (Å²) in [4.78, 5) is 0. The fraction of sp³-hybridized carbons (Fsp3) is 0. The minimum atomic E-state index is 0.752. The smallest absolute Gasteiger partial charge is 0.0547 e. The quantitative estimate of drug-likeness (QED) is 0.245. The number of halogens is 1. The van der Waals surface area contributed by atoms with Crippen molar-refractivity contribution in [2.24, 2.45) is 0 Å². The molecule has 160 valence electrons. The van der Waals surface area contributed by atoms with Gasteiger partial charge in [-0.3, -0.25) is 0 Å². The van der Waals surface area contributed by atoms with Gasteiger partial charge in [-0.25, -0.2) is 0 Å². The second-order valence-electron chi connectivity index (χ2n) is 8.75. The molecule has 0 aliphatic heterocycles. The summed E-state index contributed by atoms with van der Waals surface area (Å²) in [6, 6.07) is 43.2. The van der Waals surface area contributed by atoms with Crippen molar-refractivity contribution >= 4 is 55.0 Å². The van der Waals surface area contributed by atoms with Crippen molar-refractivity contribution in [3.05, 3.63) is 126 Å². The fourth-order valence-corrected chi connectivity index (χ4v) is 5.40. The molecule has 7 rings (SSSR count). The molecule has 0 aliphatic carbocycles. The highest BCUT2D eigenvalue weighted by Crippen LogP contribution is 2.39. The topological polar surface area (TPSA) is 4.93 Å². The van der Waals surface area contributed by atoms with Crippen LogP contribution in [0.3, 0.4) is 0 Å². The predicted molar refractivity (Wildman–Crippen MR) is 146 cm³/mol. The van der Waals surface area contributed by atoms with Crippen molar-refractivity contribution < 1.29 is 0 Å². The molecule has 1 nitrogen and oxygen atoms in total. The minimum Gasteiger partial charge on any atom is -0.309 e. The van der Waals surface area contributed by atoms with Crippen molar-refractivity contribution in [1.82, 2.24) is 4.57 Å². The molecular weight excluding hydrogens is 434 g/mol. The zero-order valence-electron chi connectivity index (χ0n) is 18.4. The molecule has 1 aromatic heterocycles. The molecule has 7 aromatic rings. The van der Waals surface area contributed by atoms with Gasteiger partial charge in [-0.1, -0.05) is 96.5 Å². The van der Waals surface area contributed by atoms with E-state index in [0.717, 1.165) is 5.02 Å². The zero-order valence-corrected chi connectivity index (χ0v) is 19.1. The summed E-state index contributed by atoms with van der Waals surface area (Å²) < 4.78 is 2.42. The first-order valence-corrected chi connectivity index (χ1v) is 11.9. The third-order valence-corrected chi connectivity index (χ3v) is 7.09. The summed E-state index contributed by atoms with van der Waals surface area (Å²) in [5, 5.41) is 8.28. The van der Waals surface area contributed by atoms with Crippen LogP contribution in [0, 0.1) is 0 Å². The van der Waals surface area contributed by atoms with Gasteiger partial charge in [0.2, 0.25) is 0 Å². The van der Waals surface area contributed by atoms with E-state index in [-0.39, 0.29) is 0 Å². The summed E-state index contributed by atoms with van der Waals surface area (Å²) in [6.45, 7) is 0. The maximum Gasteiger partial charge on any atom is 0.0547 e. The average molecular weight is 454 g/mol. The van der Waals surface area contributed by atoms with E-state index in [1.165, 1.54) is 60.2 Å². The van der Waals surface area contributed by atoms with E-state index in [1.54, 1.807) is 0 Å². The van der Waals surface area contributed by atoms with Gasteiger partial charge in [0.1, 0.15) is 0 Å². The van der Waals surface area contributed by atoms with Crippen LogP contribution in [0.4, 0.5) is 0 Å². The van der Waals surface area contributed by atoms with E-state index in [1.807, 2.05) is 12.1 Å². The van der Waals surface area contributed by atoms with Gasteiger partial charge in [0.25, 0.3) is 0 Å². The second kappa shape index (κ2) is 7.48. The SMILES string of the molecule is Clc1ccc(-c2ccc(-n3c4ccccc4c4cc5ccccc5cc43)c3ccccc23)cc1. The molecule has 34 heavy (non-hydrogen) atoms. The highest BCUT2D eigenvalue weighted by Gasteiger charge is 2.16. The number of nitrogens with zero attached hydrogens (tertiary/aromatic N) is 1. The molecule has 0 atom stereocenters. The van der Waals surface area contributed by atoms with Crippen molar-refractivity contribution in [2.75, 3.05) is 0 Å². The molecule has 0 amide bonds. The summed E-state index contributed by atoms with van der Waals surface area (Å²) in [6.07, 6.45) is 0. The maximum atomic E-state index is 6.16. The Morgan fingerprint density at radius 1 is 0.471 bits per heavy atom. The van der Waals surface area contributed by atoms with Crippen molar-refractivity contribution in [2.45, 2.75) is 0 Å². The van der Waals surface area contributed by atoms with Crippen LogP contribution < -0.4 is 0 Å². The van der Waals surface area contributed by atoms with Gasteiger partial charge in [0.05, 0.1) is 16.7 Å². The number of aromatic nitrogens is 1. The molecule has 2 heteroatoms. The van der Waals surface area contributed by atoms with Crippen LogP contribution in [-0.4, -0.2) is 4.57 Å². The Morgan fingerprint density at radius 3 is 1.91 bits per heavy atom. The predicted octanol–water partition coefficient (Wildman–Crippen LogP) is 9.41. The first kappa shape index (κ1) is 19.4. The Balaban J connectivity index is 1.60. The Hall–Kier alpha value is -4.07. The lowest BCUT2D eigenvalue weighted by Crippen LogP contribution is -1.96. The molecule has 0 saturated heterocycles. The van der Waals surface area contributed by atoms with Crippen LogP contribution in [0.5, 0.6) is 0 Å². The van der Waals surface area contributed by atoms with Gasteiger partial charge in [-0.15, -0.1) is 0 Å². The molecular formula is C32H20ClN. The third kappa shape index (κ3) is 2.88. The van der Waals surface area contributed by atoms with Crippen LogP contribution in [0.15, 0.2) is 121 Å². The Labute approximate surface area is 202 Å². The molecule has 0 saturated carbocycles. The number of hydrogen-bond acceptors (Lipinski definition) is 0. The van der Waals surface area contributed by atoms with Gasteiger partial charge in [0, 0.05) is 21.2 Å². The maximum absolute atomic E-state index is 6.16. The summed E-state index contributed by atoms with van der Waals surface area (Å²) in [5.74, 6) is 0. The molecule has 0 radical (unpaired) electrons. The first-order valence-electron chi connectivity index (χ1n) is 11.5. The minimum absolute atomic E-state index is 0.752. The second-order valence-corrected chi connectivity index (χ2v) is 9.19. The lowest BCUT2D eigenvalue weighted by Gasteiger charge is -2.15. The molecule has 0 unspecified atom stereocenters. The van der Waals surface area contributed by atoms with E-state index < -0.39 is 0 Å². The fourth-order valence-electron chi connectivity index (χ4n) is 5.27. The lowest BCUT2D eigenvalue weighted by molar-refractivity contribution is 1.20. The molecule has 0 aliphatic rings. The first-order chi connectivity index (χ1) is 16.8. The van der Waals surface area contributed by atoms with Crippen molar-refractivity contribution in [3.63, 3.8) is 0 Å². The standard InChI is InChI=1S/C32H20ClN/c33-24-15-13-21(14-16-24)25-17-18-31(27-10-4-3-9-26(25)27)34-30-12-6-5-11-28(30)29-19-22-7-1-2-8-23(22)20-32(29)34/h1-20H. The van der Waals surface area contributed by atoms with Gasteiger partial charge in [0.15, 0.2) is 0 Å². The van der Waals surface area contributed by atoms with Gasteiger partial charge in [-0.2, -0.15) is 0 Å². The lowest BCUT2D eigenvalue weighted by atomic mass is 9.97. The molecule has 6 aromatic carbocycles. The number of para-hydroxylation sites is 1. The van der Waals surface area contributed by atoms with Gasteiger partial charge < -0.3 is 4.57 Å². The van der Waals surface area contributed by atoms with Gasteiger partial charge >= 0.3 is 0 Å². The summed E-state index contributed by atoms with van der Waals surface area (Å²) in [5.41, 5.74) is 6.01. The van der Waals surface area contributed by atoms with Crippen LogP contribution in [0.2, 0.25) is 5.02 Å². The van der Waals surface area contributed by atoms with E-state index in [0.29, 0.717) is 0 Å². The Bertz CT molecular complexity index is 1860. The third-order valence-electron chi connectivity index (χ3n) is 6.84. The van der Waals surface area contributed by atoms with Crippen molar-refractivity contribution in [1.29, 1.82) is 0 Å². The van der Waals surface area contributed by atoms with Crippen LogP contribution >= 0.6 is 11.6 Å². The molecule has 0 fully saturated rings. The normalized spacial score (nSPS) is 11.7. The number of fused-ring (bicyclic) bond motifs is 5. The van der Waals surface area contributed by atoms with E-state index in [9.17, 15) is 0 Å². The highest BCUT2D eigenvalue weighted by atomic mass is 35.5. The van der Waals surface area contributed by atoms with E-state index in [2.05, 4.69) is 114 Å². The zero-order chi connectivity index (χ0) is 22.6. The largest absolute Gasteiger partial charge is 0.309 e. The monoisotopic (exact) mass is 453 g/mol. The summed E-state index contributed by atoms with van der Waals surface area (Å²) in [7, 11) is 0. The average Bonchev–Trinajstić information content (AvgIpc) is 3.20. The van der Waals surface area contributed by atoms with Crippen LogP contribution in [-0.2, 0) is 0 Å². The Kier molecular flexibility index (Phi) is 4.27. The van der Waals surface area contributed by atoms with Crippen molar-refractivity contribution in [3.8, 4) is 16.8 Å². The van der Waals surface area contributed by atoms with E-state index in [4.69, 9.17) is 11.6 Å². The molecule has 0 bridgehead atoms.